The molecule has 0 fully saturated rings. The van der Waals surface area contributed by atoms with Gasteiger partial charge in [-0.1, -0.05) is 0 Å². The van der Waals surface area contributed by atoms with E-state index in [9.17, 15) is 9.18 Å². The van der Waals surface area contributed by atoms with Crippen LogP contribution < -0.4 is 5.73 Å². The Hall–Kier alpha value is -0.850. The molecule has 0 aliphatic heterocycles. The zero-order valence-electron chi connectivity index (χ0n) is 7.51. The Morgan fingerprint density at radius 2 is 2.29 bits per heavy atom. The van der Waals surface area contributed by atoms with Crippen molar-refractivity contribution >= 4 is 34.2 Å². The summed E-state index contributed by atoms with van der Waals surface area (Å²) in [7, 11) is 0. The third kappa shape index (κ3) is 2.34. The Morgan fingerprint density at radius 3 is 2.86 bits per heavy atom. The second kappa shape index (κ2) is 4.59. The molecule has 3 nitrogen and oxygen atoms in total. The van der Waals surface area contributed by atoms with Crippen molar-refractivity contribution in [1.29, 1.82) is 0 Å². The van der Waals surface area contributed by atoms with Gasteiger partial charge in [-0.2, -0.15) is 0 Å². The van der Waals surface area contributed by atoms with E-state index in [0.717, 1.165) is 0 Å². The Labute approximate surface area is 94.6 Å². The molecular weight excluding hydrogens is 300 g/mol. The summed E-state index contributed by atoms with van der Waals surface area (Å²) in [4.78, 5) is 11.3. The van der Waals surface area contributed by atoms with Gasteiger partial charge >= 0.3 is 5.97 Å². The van der Waals surface area contributed by atoms with E-state index in [1.54, 1.807) is 6.92 Å². The zero-order chi connectivity index (χ0) is 10.7. The Morgan fingerprint density at radius 1 is 1.64 bits per heavy atom. The largest absolute Gasteiger partial charge is 0.462 e. The van der Waals surface area contributed by atoms with Gasteiger partial charge in [0.15, 0.2) is 0 Å². The van der Waals surface area contributed by atoms with Gasteiger partial charge in [-0.25, -0.2) is 9.18 Å². The molecular formula is C9H9FINO2. The number of esters is 1. The van der Waals surface area contributed by atoms with Gasteiger partial charge in [-0.15, -0.1) is 0 Å². The summed E-state index contributed by atoms with van der Waals surface area (Å²) in [5.41, 5.74) is 5.59. The molecule has 0 radical (unpaired) electrons. The maximum Gasteiger partial charge on any atom is 0.339 e. The molecule has 0 saturated heterocycles. The SMILES string of the molecule is CCOC(=O)c1cc(N)c(F)cc1I. The number of hydrogen-bond acceptors (Lipinski definition) is 3. The average Bonchev–Trinajstić information content (AvgIpc) is 2.11. The first-order chi connectivity index (χ1) is 6.56. The van der Waals surface area contributed by atoms with Crippen molar-refractivity contribution in [1.82, 2.24) is 0 Å². The van der Waals surface area contributed by atoms with E-state index in [-0.39, 0.29) is 12.3 Å². The van der Waals surface area contributed by atoms with Crippen LogP contribution in [0.2, 0.25) is 0 Å². The van der Waals surface area contributed by atoms with Crippen LogP contribution in [0.5, 0.6) is 0 Å². The van der Waals surface area contributed by atoms with Gasteiger partial charge in [0, 0.05) is 3.57 Å². The van der Waals surface area contributed by atoms with E-state index >= 15 is 0 Å². The highest BCUT2D eigenvalue weighted by atomic mass is 127. The Balaban J connectivity index is 3.09. The molecule has 1 aromatic carbocycles. The molecule has 5 heteroatoms. The highest BCUT2D eigenvalue weighted by Crippen LogP contribution is 2.20. The second-order valence-corrected chi connectivity index (χ2v) is 3.74. The molecule has 0 amide bonds. The number of nitrogen functional groups attached to an aromatic ring is 1. The highest BCUT2D eigenvalue weighted by molar-refractivity contribution is 14.1. The first-order valence-electron chi connectivity index (χ1n) is 3.98. The van der Waals surface area contributed by atoms with Crippen LogP contribution in [0.15, 0.2) is 12.1 Å². The van der Waals surface area contributed by atoms with Crippen molar-refractivity contribution in [3.8, 4) is 0 Å². The lowest BCUT2D eigenvalue weighted by molar-refractivity contribution is 0.0525. The molecule has 0 aliphatic carbocycles. The maximum absolute atomic E-state index is 12.9. The van der Waals surface area contributed by atoms with Crippen molar-refractivity contribution < 1.29 is 13.9 Å². The molecule has 0 spiro atoms. The molecule has 14 heavy (non-hydrogen) atoms. The van der Waals surface area contributed by atoms with Crippen molar-refractivity contribution in [2.24, 2.45) is 0 Å². The first-order valence-corrected chi connectivity index (χ1v) is 5.05. The average molecular weight is 309 g/mol. The third-order valence-electron chi connectivity index (χ3n) is 1.58. The molecule has 0 heterocycles. The van der Waals surface area contributed by atoms with Gasteiger partial charge < -0.3 is 10.5 Å². The van der Waals surface area contributed by atoms with Crippen molar-refractivity contribution in [3.05, 3.63) is 27.1 Å². The Kier molecular flexibility index (Phi) is 3.68. The molecule has 0 atom stereocenters. The summed E-state index contributed by atoms with van der Waals surface area (Å²) < 4.78 is 18.2. The summed E-state index contributed by atoms with van der Waals surface area (Å²) in [6.45, 7) is 1.99. The third-order valence-corrected chi connectivity index (χ3v) is 2.47. The number of carbonyl (C=O) groups excluding carboxylic acids is 1. The predicted octanol–water partition coefficient (Wildman–Crippen LogP) is 2.19. The number of nitrogens with two attached hydrogens (primary N) is 1. The smallest absolute Gasteiger partial charge is 0.339 e. The minimum Gasteiger partial charge on any atom is -0.462 e. The first kappa shape index (κ1) is 11.2. The highest BCUT2D eigenvalue weighted by Gasteiger charge is 2.13. The van der Waals surface area contributed by atoms with Crippen LogP contribution in [-0.2, 0) is 4.74 Å². The molecule has 76 valence electrons. The van der Waals surface area contributed by atoms with Crippen LogP contribution in [0, 0.1) is 9.39 Å². The molecule has 1 rings (SSSR count). The summed E-state index contributed by atoms with van der Waals surface area (Å²) >= 11 is 1.86. The number of halogens is 2. The molecule has 0 saturated carbocycles. The van der Waals surface area contributed by atoms with E-state index in [1.807, 2.05) is 22.6 Å². The lowest BCUT2D eigenvalue weighted by atomic mass is 10.2. The van der Waals surface area contributed by atoms with E-state index in [1.165, 1.54) is 12.1 Å². The van der Waals surface area contributed by atoms with Crippen LogP contribution in [-0.4, -0.2) is 12.6 Å². The minimum absolute atomic E-state index is 0.0477. The van der Waals surface area contributed by atoms with Gasteiger partial charge in [0.05, 0.1) is 17.9 Å². The zero-order valence-corrected chi connectivity index (χ0v) is 9.67. The lowest BCUT2D eigenvalue weighted by Gasteiger charge is -2.05. The predicted molar refractivity (Wildman–Crippen MR) is 59.5 cm³/mol. The van der Waals surface area contributed by atoms with Crippen molar-refractivity contribution in [2.45, 2.75) is 6.92 Å². The summed E-state index contributed by atoms with van der Waals surface area (Å²) in [5, 5.41) is 0. The Bertz CT molecular complexity index is 368. The fraction of sp³-hybridized carbons (Fsp3) is 0.222. The van der Waals surface area contributed by atoms with Crippen LogP contribution >= 0.6 is 22.6 Å². The maximum atomic E-state index is 12.9. The van der Waals surface area contributed by atoms with Crippen LogP contribution in [0.3, 0.4) is 0 Å². The fourth-order valence-electron chi connectivity index (χ4n) is 0.931. The molecule has 0 aromatic heterocycles. The van der Waals surface area contributed by atoms with Gasteiger partial charge in [0.1, 0.15) is 5.82 Å². The molecule has 0 bridgehead atoms. The van der Waals surface area contributed by atoms with Crippen LogP contribution in [0.25, 0.3) is 0 Å². The summed E-state index contributed by atoms with van der Waals surface area (Å²) in [6, 6.07) is 2.50. The van der Waals surface area contributed by atoms with E-state index < -0.39 is 11.8 Å². The number of benzene rings is 1. The summed E-state index contributed by atoms with van der Waals surface area (Å²) in [5.74, 6) is -1.01. The van der Waals surface area contributed by atoms with Crippen LogP contribution in [0.1, 0.15) is 17.3 Å². The monoisotopic (exact) mass is 309 g/mol. The number of carbonyl (C=O) groups is 1. The number of hydrogen-bond donors (Lipinski definition) is 1. The number of ether oxygens (including phenoxy) is 1. The number of rotatable bonds is 2. The molecule has 0 aliphatic rings. The van der Waals surface area contributed by atoms with Gasteiger partial charge in [-0.05, 0) is 41.6 Å². The summed E-state index contributed by atoms with van der Waals surface area (Å²) in [6.07, 6.45) is 0. The van der Waals surface area contributed by atoms with Gasteiger partial charge in [0.25, 0.3) is 0 Å². The fourth-order valence-corrected chi connectivity index (χ4v) is 1.58. The standard InChI is InChI=1S/C9H9FINO2/c1-2-14-9(13)5-3-8(12)6(10)4-7(5)11/h3-4H,2,12H2,1H3. The van der Waals surface area contributed by atoms with E-state index in [4.69, 9.17) is 10.5 Å². The van der Waals surface area contributed by atoms with Gasteiger partial charge in [0.2, 0.25) is 0 Å². The van der Waals surface area contributed by atoms with E-state index in [0.29, 0.717) is 9.13 Å². The normalized spacial score (nSPS) is 9.93. The van der Waals surface area contributed by atoms with Gasteiger partial charge in [-0.3, -0.25) is 0 Å². The number of anilines is 1. The molecule has 2 N–H and O–H groups in total. The topological polar surface area (TPSA) is 52.3 Å². The lowest BCUT2D eigenvalue weighted by Crippen LogP contribution is -2.08. The minimum atomic E-state index is -0.526. The molecule has 1 aromatic rings. The second-order valence-electron chi connectivity index (χ2n) is 2.57. The molecule has 0 unspecified atom stereocenters. The van der Waals surface area contributed by atoms with Crippen LogP contribution in [0.4, 0.5) is 10.1 Å². The van der Waals surface area contributed by atoms with Crippen molar-refractivity contribution in [2.75, 3.05) is 12.3 Å². The van der Waals surface area contributed by atoms with Crippen molar-refractivity contribution in [3.63, 3.8) is 0 Å². The quantitative estimate of drug-likeness (QED) is 0.517. The van der Waals surface area contributed by atoms with E-state index in [2.05, 4.69) is 0 Å².